The van der Waals surface area contributed by atoms with Crippen molar-refractivity contribution in [1.29, 1.82) is 0 Å². The fraction of sp³-hybridized carbons (Fsp3) is 0.323. The van der Waals surface area contributed by atoms with E-state index < -0.39 is 5.92 Å². The summed E-state index contributed by atoms with van der Waals surface area (Å²) in [6.45, 7) is 6.87. The molecule has 0 fully saturated rings. The number of hydrogen-bond donors (Lipinski definition) is 1. The molecule has 0 bridgehead atoms. The summed E-state index contributed by atoms with van der Waals surface area (Å²) >= 11 is 12.1. The topological polar surface area (TPSA) is 72.7 Å². The molecule has 0 saturated heterocycles. The number of nitrogens with zero attached hydrogens (tertiary/aromatic N) is 2. The number of nitrogens with one attached hydrogen (secondary N) is 1. The molecule has 0 aliphatic rings. The summed E-state index contributed by atoms with van der Waals surface area (Å²) < 4.78 is 7.11. The minimum atomic E-state index is -0.623. The highest BCUT2D eigenvalue weighted by Crippen LogP contribution is 2.26. The highest BCUT2D eigenvalue weighted by molar-refractivity contribution is 6.30. The van der Waals surface area contributed by atoms with Gasteiger partial charge in [0.15, 0.2) is 0 Å². The number of carbonyl (C=O) groups excluding carboxylic acids is 2. The van der Waals surface area contributed by atoms with E-state index in [4.69, 9.17) is 32.9 Å². The minimum Gasteiger partial charge on any atom is -0.465 e. The highest BCUT2D eigenvalue weighted by Gasteiger charge is 2.26. The first-order chi connectivity index (χ1) is 18.7. The Morgan fingerprint density at radius 2 is 1.64 bits per heavy atom. The summed E-state index contributed by atoms with van der Waals surface area (Å²) in [6, 6.07) is 20.5. The van der Waals surface area contributed by atoms with E-state index in [1.54, 1.807) is 41.8 Å². The Balaban J connectivity index is 1.58. The molecule has 39 heavy (non-hydrogen) atoms. The van der Waals surface area contributed by atoms with Gasteiger partial charge in [0.2, 0.25) is 0 Å². The number of halogens is 2. The third-order valence-electron chi connectivity index (χ3n) is 6.63. The first-order valence-electron chi connectivity index (χ1n) is 13.2. The van der Waals surface area contributed by atoms with Gasteiger partial charge in [0.25, 0.3) is 5.91 Å². The van der Waals surface area contributed by atoms with Gasteiger partial charge in [-0.25, -0.2) is 4.98 Å². The number of fused-ring (bicyclic) bond motifs is 1. The number of benzene rings is 2. The molecule has 6 nitrogen and oxygen atoms in total. The largest absolute Gasteiger partial charge is 0.465 e. The molecule has 2 heterocycles. The number of ether oxygens (including phenoxy) is 1. The SMILES string of the molecule is CCOC(=O)C(Cc1ccc(Cl)cc1)c1cn2c(C(=O)NCC(CC(C)C)c3ccc(Cl)cc3)cccc2n1. The quantitative estimate of drug-likeness (QED) is 0.197. The monoisotopic (exact) mass is 565 g/mol. The van der Waals surface area contributed by atoms with Crippen molar-refractivity contribution in [1.82, 2.24) is 14.7 Å². The number of imidazole rings is 1. The second kappa shape index (κ2) is 13.1. The van der Waals surface area contributed by atoms with Crippen molar-refractivity contribution in [2.45, 2.75) is 45.4 Å². The lowest BCUT2D eigenvalue weighted by molar-refractivity contribution is -0.145. The molecule has 2 aromatic heterocycles. The molecule has 2 atom stereocenters. The predicted molar refractivity (Wildman–Crippen MR) is 156 cm³/mol. The van der Waals surface area contributed by atoms with E-state index >= 15 is 0 Å². The lowest BCUT2D eigenvalue weighted by Crippen LogP contribution is -2.30. The van der Waals surface area contributed by atoms with E-state index in [1.807, 2.05) is 42.5 Å². The molecular weight excluding hydrogens is 533 g/mol. The molecule has 2 unspecified atom stereocenters. The van der Waals surface area contributed by atoms with E-state index in [1.165, 1.54) is 0 Å². The Hall–Kier alpha value is -3.35. The normalized spacial score (nSPS) is 12.9. The molecule has 8 heteroatoms. The molecule has 0 spiro atoms. The molecule has 4 rings (SSSR count). The Morgan fingerprint density at radius 1 is 0.974 bits per heavy atom. The summed E-state index contributed by atoms with van der Waals surface area (Å²) in [6.07, 6.45) is 3.08. The van der Waals surface area contributed by atoms with Crippen LogP contribution in [-0.2, 0) is 16.0 Å². The van der Waals surface area contributed by atoms with Crippen molar-refractivity contribution in [3.8, 4) is 0 Å². The van der Waals surface area contributed by atoms with Crippen LogP contribution in [0.3, 0.4) is 0 Å². The zero-order chi connectivity index (χ0) is 27.9. The maximum Gasteiger partial charge on any atom is 0.315 e. The van der Waals surface area contributed by atoms with E-state index in [-0.39, 0.29) is 24.4 Å². The predicted octanol–water partition coefficient (Wildman–Crippen LogP) is 7.09. The second-order valence-electron chi connectivity index (χ2n) is 10.0. The zero-order valence-electron chi connectivity index (χ0n) is 22.4. The number of esters is 1. The number of carbonyl (C=O) groups is 2. The fourth-order valence-electron chi connectivity index (χ4n) is 4.74. The number of pyridine rings is 1. The van der Waals surface area contributed by atoms with E-state index in [0.29, 0.717) is 46.0 Å². The minimum absolute atomic E-state index is 0.149. The van der Waals surface area contributed by atoms with Crippen molar-refractivity contribution < 1.29 is 14.3 Å². The van der Waals surface area contributed by atoms with E-state index in [2.05, 4.69) is 19.2 Å². The van der Waals surface area contributed by atoms with Gasteiger partial charge in [-0.2, -0.15) is 0 Å². The van der Waals surface area contributed by atoms with Crippen molar-refractivity contribution in [2.24, 2.45) is 5.92 Å². The van der Waals surface area contributed by atoms with Crippen LogP contribution in [-0.4, -0.2) is 34.4 Å². The Bertz CT molecular complexity index is 1420. The molecule has 0 aliphatic carbocycles. The lowest BCUT2D eigenvalue weighted by atomic mass is 9.90. The van der Waals surface area contributed by atoms with Crippen LogP contribution in [0, 0.1) is 5.92 Å². The number of aromatic nitrogens is 2. The van der Waals surface area contributed by atoms with Crippen LogP contribution in [0.1, 0.15) is 66.3 Å². The van der Waals surface area contributed by atoms with Crippen LogP contribution >= 0.6 is 23.2 Å². The van der Waals surface area contributed by atoms with Crippen LogP contribution in [0.4, 0.5) is 0 Å². The van der Waals surface area contributed by atoms with Crippen molar-refractivity contribution in [3.63, 3.8) is 0 Å². The third kappa shape index (κ3) is 7.40. The summed E-state index contributed by atoms with van der Waals surface area (Å²) in [5.41, 5.74) is 3.64. The maximum atomic E-state index is 13.4. The molecular formula is C31H33Cl2N3O3. The molecule has 4 aromatic rings. The van der Waals surface area contributed by atoms with Gasteiger partial charge in [0, 0.05) is 28.7 Å². The molecule has 0 saturated carbocycles. The number of hydrogen-bond acceptors (Lipinski definition) is 4. The van der Waals surface area contributed by atoms with Crippen LogP contribution in [0.2, 0.25) is 10.0 Å². The smallest absolute Gasteiger partial charge is 0.315 e. The van der Waals surface area contributed by atoms with Gasteiger partial charge in [-0.1, -0.05) is 67.4 Å². The van der Waals surface area contributed by atoms with Gasteiger partial charge in [-0.3, -0.25) is 14.0 Å². The van der Waals surface area contributed by atoms with Crippen molar-refractivity contribution >= 4 is 40.7 Å². The Kier molecular flexibility index (Phi) is 9.65. The zero-order valence-corrected chi connectivity index (χ0v) is 23.9. The van der Waals surface area contributed by atoms with Crippen LogP contribution in [0.25, 0.3) is 5.65 Å². The Morgan fingerprint density at radius 3 is 2.28 bits per heavy atom. The van der Waals surface area contributed by atoms with Crippen LogP contribution < -0.4 is 5.32 Å². The molecule has 1 N–H and O–H groups in total. The van der Waals surface area contributed by atoms with Crippen molar-refractivity contribution in [2.75, 3.05) is 13.2 Å². The molecule has 204 valence electrons. The van der Waals surface area contributed by atoms with Gasteiger partial charge >= 0.3 is 5.97 Å². The molecule has 0 aliphatic heterocycles. The van der Waals surface area contributed by atoms with E-state index in [0.717, 1.165) is 17.5 Å². The average molecular weight is 567 g/mol. The first-order valence-corrected chi connectivity index (χ1v) is 13.9. The fourth-order valence-corrected chi connectivity index (χ4v) is 4.99. The third-order valence-corrected chi connectivity index (χ3v) is 7.13. The first kappa shape index (κ1) is 28.7. The number of rotatable bonds is 11. The lowest BCUT2D eigenvalue weighted by Gasteiger charge is -2.20. The number of amides is 1. The molecule has 1 amide bonds. The second-order valence-corrected chi connectivity index (χ2v) is 10.9. The standard InChI is InChI=1S/C31H33Cl2N3O3/c1-4-39-31(38)26(17-21-8-12-24(32)13-9-21)27-19-36-28(6-5-7-29(36)35-27)30(37)34-18-23(16-20(2)3)22-10-14-25(33)15-11-22/h5-15,19-20,23,26H,4,16-18H2,1-3H3,(H,34,37). The average Bonchev–Trinajstić information content (AvgIpc) is 3.35. The van der Waals surface area contributed by atoms with Gasteiger partial charge in [-0.05, 0) is 73.2 Å². The van der Waals surface area contributed by atoms with Gasteiger partial charge in [0.1, 0.15) is 17.3 Å². The Labute approximate surface area is 239 Å². The van der Waals surface area contributed by atoms with Gasteiger partial charge in [-0.15, -0.1) is 0 Å². The summed E-state index contributed by atoms with van der Waals surface area (Å²) in [5, 5.41) is 4.42. The van der Waals surface area contributed by atoms with Crippen molar-refractivity contribution in [3.05, 3.63) is 105 Å². The van der Waals surface area contributed by atoms with E-state index in [9.17, 15) is 9.59 Å². The molecule has 0 radical (unpaired) electrons. The molecule has 2 aromatic carbocycles. The maximum absolute atomic E-state index is 13.4. The van der Waals surface area contributed by atoms with Gasteiger partial charge < -0.3 is 10.1 Å². The van der Waals surface area contributed by atoms with Crippen LogP contribution in [0.15, 0.2) is 72.9 Å². The summed E-state index contributed by atoms with van der Waals surface area (Å²) in [7, 11) is 0. The summed E-state index contributed by atoms with van der Waals surface area (Å²) in [5.74, 6) is -0.583. The summed E-state index contributed by atoms with van der Waals surface area (Å²) in [4.78, 5) is 31.0. The van der Waals surface area contributed by atoms with Gasteiger partial charge in [0.05, 0.1) is 12.3 Å². The highest BCUT2D eigenvalue weighted by atomic mass is 35.5. The van der Waals surface area contributed by atoms with Crippen LogP contribution in [0.5, 0.6) is 0 Å².